The first-order valence-electron chi connectivity index (χ1n) is 15.2. The Morgan fingerprint density at radius 3 is 2.76 bits per heavy atom. The van der Waals surface area contributed by atoms with Gasteiger partial charge in [-0.25, -0.2) is 18.2 Å². The molecule has 1 saturated heterocycles. The highest BCUT2D eigenvalue weighted by molar-refractivity contribution is 5.64. The van der Waals surface area contributed by atoms with E-state index in [0.29, 0.717) is 60.7 Å². The van der Waals surface area contributed by atoms with Crippen LogP contribution < -0.4 is 21.1 Å². The SMILES string of the molecule is C[C@H](c1cccnc1N)N(C)c1nc(OC[C@@H]2CCN2CC(F)F)nc2c1CN(C)[C@@]1(CCCc3c(F)cc(N)c(C#N)c31)C2. The Morgan fingerprint density at radius 2 is 2.07 bits per heavy atom. The van der Waals surface area contributed by atoms with Gasteiger partial charge in [0.1, 0.15) is 30.1 Å². The molecule has 238 valence electrons. The number of nitrogens with two attached hydrogens (primary N) is 2. The van der Waals surface area contributed by atoms with Gasteiger partial charge >= 0.3 is 6.01 Å². The highest BCUT2D eigenvalue weighted by atomic mass is 19.3. The summed E-state index contributed by atoms with van der Waals surface area (Å²) >= 11 is 0. The molecular formula is C32H38F3N9O. The average Bonchev–Trinajstić information content (AvgIpc) is 3.00. The molecule has 2 aliphatic heterocycles. The van der Waals surface area contributed by atoms with E-state index in [-0.39, 0.29) is 36.9 Å². The van der Waals surface area contributed by atoms with Crippen LogP contribution in [-0.4, -0.2) is 71.0 Å². The van der Waals surface area contributed by atoms with Crippen molar-refractivity contribution in [3.63, 3.8) is 0 Å². The molecule has 0 bridgehead atoms. The summed E-state index contributed by atoms with van der Waals surface area (Å²) in [4.78, 5) is 19.9. The number of benzene rings is 1. The van der Waals surface area contributed by atoms with Crippen LogP contribution in [-0.2, 0) is 24.9 Å². The number of nitrogens with zero attached hydrogens (tertiary/aromatic N) is 7. The number of anilines is 3. The summed E-state index contributed by atoms with van der Waals surface area (Å²) in [7, 11) is 3.90. The molecule has 0 saturated carbocycles. The van der Waals surface area contributed by atoms with Crippen LogP contribution in [0.3, 0.4) is 0 Å². The minimum Gasteiger partial charge on any atom is -0.462 e. The average molecular weight is 622 g/mol. The van der Waals surface area contributed by atoms with Crippen molar-refractivity contribution in [1.29, 1.82) is 5.26 Å². The van der Waals surface area contributed by atoms with Crippen LogP contribution in [0.25, 0.3) is 0 Å². The summed E-state index contributed by atoms with van der Waals surface area (Å²) in [6, 6.07) is 7.03. The van der Waals surface area contributed by atoms with Crippen LogP contribution in [0.2, 0.25) is 0 Å². The number of hydrogen-bond acceptors (Lipinski definition) is 10. The standard InChI is InChI=1S/C32H38F3N9O/c1-18(20-7-5-10-39-29(20)38)43(3)30-23-15-42(2)32(9-4-6-21-24(33)12-25(37)22(14-36)28(21)32)13-26(23)40-31(41-30)45-17-19-8-11-44(19)16-27(34)35/h5,7,10,12,18-19,27H,4,6,8-9,11,13,15-17,37H2,1-3H3,(H2,38,39)/t18-,19+,32+/m1/s1. The fourth-order valence-corrected chi connectivity index (χ4v) is 7.24. The monoisotopic (exact) mass is 621 g/mol. The third-order valence-electron chi connectivity index (χ3n) is 9.92. The van der Waals surface area contributed by atoms with Crippen molar-refractivity contribution in [3.05, 3.63) is 63.7 Å². The predicted octanol–water partition coefficient (Wildman–Crippen LogP) is 4.18. The molecule has 1 fully saturated rings. The van der Waals surface area contributed by atoms with Gasteiger partial charge < -0.3 is 21.1 Å². The van der Waals surface area contributed by atoms with E-state index in [9.17, 15) is 14.0 Å². The Morgan fingerprint density at radius 1 is 1.27 bits per heavy atom. The maximum atomic E-state index is 15.3. The first kappa shape index (κ1) is 30.9. The lowest BCUT2D eigenvalue weighted by atomic mass is 9.68. The van der Waals surface area contributed by atoms with Gasteiger partial charge in [-0.15, -0.1) is 0 Å². The molecule has 45 heavy (non-hydrogen) atoms. The molecule has 1 spiro atoms. The topological polar surface area (TPSA) is 133 Å². The molecular weight excluding hydrogens is 583 g/mol. The highest BCUT2D eigenvalue weighted by Crippen LogP contribution is 2.50. The minimum atomic E-state index is -2.42. The zero-order valence-electron chi connectivity index (χ0n) is 25.7. The normalized spacial score (nSPS) is 22.0. The first-order valence-corrected chi connectivity index (χ1v) is 15.2. The fraction of sp³-hybridized carbons (Fsp3) is 0.500. The summed E-state index contributed by atoms with van der Waals surface area (Å²) in [6.07, 6.45) is 2.29. The van der Waals surface area contributed by atoms with Crippen molar-refractivity contribution in [1.82, 2.24) is 24.8 Å². The van der Waals surface area contributed by atoms with Crippen LogP contribution in [0.4, 0.5) is 30.5 Å². The molecule has 0 radical (unpaired) electrons. The summed E-state index contributed by atoms with van der Waals surface area (Å²) in [5.74, 6) is 0.656. The molecule has 6 rings (SSSR count). The van der Waals surface area contributed by atoms with Crippen molar-refractivity contribution in [2.75, 3.05) is 50.2 Å². The largest absolute Gasteiger partial charge is 0.462 e. The molecule has 4 heterocycles. The number of pyridine rings is 1. The number of rotatable bonds is 8. The van der Waals surface area contributed by atoms with Crippen LogP contribution in [0.15, 0.2) is 24.4 Å². The molecule has 0 amide bonds. The van der Waals surface area contributed by atoms with Crippen molar-refractivity contribution in [2.45, 2.75) is 69.6 Å². The quantitative estimate of drug-likeness (QED) is 0.353. The summed E-state index contributed by atoms with van der Waals surface area (Å²) in [5, 5.41) is 10.2. The van der Waals surface area contributed by atoms with E-state index in [1.165, 1.54) is 6.07 Å². The summed E-state index contributed by atoms with van der Waals surface area (Å²) in [6.45, 7) is 2.90. The number of nitrogen functional groups attached to an aromatic ring is 2. The van der Waals surface area contributed by atoms with Crippen molar-refractivity contribution >= 4 is 17.3 Å². The number of likely N-dealkylation sites (tertiary alicyclic amines) is 1. The number of ether oxygens (including phenoxy) is 1. The molecule has 0 unspecified atom stereocenters. The number of alkyl halides is 2. The van der Waals surface area contributed by atoms with Gasteiger partial charge in [-0.2, -0.15) is 15.2 Å². The molecule has 1 aromatic carbocycles. The van der Waals surface area contributed by atoms with E-state index in [1.54, 1.807) is 11.1 Å². The lowest BCUT2D eigenvalue weighted by molar-refractivity contribution is -0.00352. The second kappa shape index (κ2) is 12.0. The number of fused-ring (bicyclic) bond motifs is 3. The molecule has 3 aromatic rings. The Labute approximate surface area is 260 Å². The van der Waals surface area contributed by atoms with E-state index >= 15 is 4.39 Å². The zero-order valence-corrected chi connectivity index (χ0v) is 25.7. The predicted molar refractivity (Wildman–Crippen MR) is 164 cm³/mol. The van der Waals surface area contributed by atoms with E-state index < -0.39 is 17.8 Å². The van der Waals surface area contributed by atoms with Gasteiger partial charge in [0.2, 0.25) is 0 Å². The molecule has 4 N–H and O–H groups in total. The zero-order chi connectivity index (χ0) is 32.0. The van der Waals surface area contributed by atoms with Gasteiger partial charge in [-0.1, -0.05) is 6.07 Å². The smallest absolute Gasteiger partial charge is 0.318 e. The molecule has 3 aliphatic rings. The molecule has 13 heteroatoms. The Bertz CT molecular complexity index is 1650. The number of likely N-dealkylation sites (N-methyl/N-ethyl adjacent to an activating group) is 1. The van der Waals surface area contributed by atoms with E-state index in [1.807, 2.05) is 38.1 Å². The summed E-state index contributed by atoms with van der Waals surface area (Å²) < 4.78 is 47.6. The number of aromatic nitrogens is 3. The van der Waals surface area contributed by atoms with Gasteiger partial charge in [-0.05, 0) is 62.9 Å². The Balaban J connectivity index is 1.42. The lowest BCUT2D eigenvalue weighted by Crippen LogP contribution is -2.52. The third-order valence-corrected chi connectivity index (χ3v) is 9.92. The molecule has 3 atom stereocenters. The van der Waals surface area contributed by atoms with Gasteiger partial charge in [-0.3, -0.25) is 9.80 Å². The summed E-state index contributed by atoms with van der Waals surface area (Å²) in [5.41, 5.74) is 15.7. The van der Waals surface area contributed by atoms with Gasteiger partial charge in [0.05, 0.1) is 35.1 Å². The fourth-order valence-electron chi connectivity index (χ4n) is 7.24. The Kier molecular flexibility index (Phi) is 8.22. The molecule has 10 nitrogen and oxygen atoms in total. The Hall–Kier alpha value is -4.15. The van der Waals surface area contributed by atoms with Crippen LogP contribution in [0.1, 0.15) is 65.7 Å². The first-order chi connectivity index (χ1) is 21.5. The van der Waals surface area contributed by atoms with Gasteiger partial charge in [0, 0.05) is 49.9 Å². The number of halogens is 3. The second-order valence-electron chi connectivity index (χ2n) is 12.4. The van der Waals surface area contributed by atoms with Crippen LogP contribution >= 0.6 is 0 Å². The van der Waals surface area contributed by atoms with E-state index in [0.717, 1.165) is 29.7 Å². The minimum absolute atomic E-state index is 0.123. The van der Waals surface area contributed by atoms with E-state index in [2.05, 4.69) is 16.0 Å². The maximum absolute atomic E-state index is 15.3. The third kappa shape index (κ3) is 5.40. The van der Waals surface area contributed by atoms with Crippen LogP contribution in [0, 0.1) is 17.1 Å². The van der Waals surface area contributed by atoms with Crippen molar-refractivity contribution in [3.8, 4) is 12.1 Å². The van der Waals surface area contributed by atoms with Gasteiger partial charge in [0.25, 0.3) is 6.43 Å². The second-order valence-corrected chi connectivity index (χ2v) is 12.4. The van der Waals surface area contributed by atoms with Crippen LogP contribution in [0.5, 0.6) is 6.01 Å². The van der Waals surface area contributed by atoms with Gasteiger partial charge in [0.15, 0.2) is 0 Å². The molecule has 1 aliphatic carbocycles. The number of nitriles is 1. The lowest BCUT2D eigenvalue weighted by Gasteiger charge is -2.50. The number of hydrogen-bond donors (Lipinski definition) is 2. The maximum Gasteiger partial charge on any atom is 0.318 e. The van der Waals surface area contributed by atoms with Crippen molar-refractivity contribution in [2.24, 2.45) is 0 Å². The highest BCUT2D eigenvalue weighted by Gasteiger charge is 2.48. The van der Waals surface area contributed by atoms with Crippen molar-refractivity contribution < 1.29 is 17.9 Å². The van der Waals surface area contributed by atoms with E-state index in [4.69, 9.17) is 26.2 Å². The molecule has 2 aromatic heterocycles.